The summed E-state index contributed by atoms with van der Waals surface area (Å²) in [4.78, 5) is 30.0. The lowest BCUT2D eigenvalue weighted by Crippen LogP contribution is -2.40. The first-order chi connectivity index (χ1) is 12.0. The standard InChI is InChI=1S/C17H20N4O4/c1-24-12-3-4-14(25-2)11(7-12)8-16(22)20-5-6-21-13(17(18)23)9-19-15(21)10-20/h3-4,7,9H,5-6,8,10H2,1-2H3,(H2,18,23). The van der Waals surface area contributed by atoms with Crippen molar-refractivity contribution in [2.24, 2.45) is 5.73 Å². The minimum absolute atomic E-state index is 0.0403. The maximum atomic E-state index is 12.7. The highest BCUT2D eigenvalue weighted by Crippen LogP contribution is 2.25. The number of benzene rings is 1. The number of hydrogen-bond acceptors (Lipinski definition) is 5. The fourth-order valence-corrected chi connectivity index (χ4v) is 2.96. The Bertz CT molecular complexity index is 815. The first-order valence-corrected chi connectivity index (χ1v) is 7.86. The highest BCUT2D eigenvalue weighted by molar-refractivity contribution is 5.91. The zero-order chi connectivity index (χ0) is 18.0. The summed E-state index contributed by atoms with van der Waals surface area (Å²) in [6.07, 6.45) is 1.65. The molecule has 0 spiro atoms. The molecule has 2 heterocycles. The van der Waals surface area contributed by atoms with E-state index in [0.717, 1.165) is 5.56 Å². The van der Waals surface area contributed by atoms with Crippen LogP contribution in [0.2, 0.25) is 0 Å². The third-order valence-electron chi connectivity index (χ3n) is 4.30. The number of imidazole rings is 1. The Morgan fingerprint density at radius 1 is 1.24 bits per heavy atom. The molecule has 1 aromatic carbocycles. The van der Waals surface area contributed by atoms with E-state index in [9.17, 15) is 9.59 Å². The summed E-state index contributed by atoms with van der Waals surface area (Å²) in [6.45, 7) is 1.34. The lowest BCUT2D eigenvalue weighted by atomic mass is 10.1. The second-order valence-electron chi connectivity index (χ2n) is 5.75. The number of aromatic nitrogens is 2. The van der Waals surface area contributed by atoms with Gasteiger partial charge < -0.3 is 24.7 Å². The van der Waals surface area contributed by atoms with Gasteiger partial charge in [-0.3, -0.25) is 9.59 Å². The quantitative estimate of drug-likeness (QED) is 0.855. The number of hydrogen-bond donors (Lipinski definition) is 1. The summed E-state index contributed by atoms with van der Waals surface area (Å²) in [7, 11) is 3.15. The van der Waals surface area contributed by atoms with Gasteiger partial charge in [0.05, 0.1) is 33.4 Å². The molecule has 8 heteroatoms. The fraction of sp³-hybridized carbons (Fsp3) is 0.353. The smallest absolute Gasteiger partial charge is 0.266 e. The topological polar surface area (TPSA) is 99.7 Å². The first-order valence-electron chi connectivity index (χ1n) is 7.86. The number of nitrogens with two attached hydrogens (primary N) is 1. The number of fused-ring (bicyclic) bond motifs is 1. The predicted molar refractivity (Wildman–Crippen MR) is 89.4 cm³/mol. The summed E-state index contributed by atoms with van der Waals surface area (Å²) >= 11 is 0. The Balaban J connectivity index is 1.75. The van der Waals surface area contributed by atoms with Gasteiger partial charge in [-0.2, -0.15) is 0 Å². The second-order valence-corrected chi connectivity index (χ2v) is 5.75. The SMILES string of the molecule is COc1ccc(OC)c(CC(=O)N2CCn3c(C(N)=O)cnc3C2)c1. The van der Waals surface area contributed by atoms with Crippen LogP contribution in [0.4, 0.5) is 0 Å². The highest BCUT2D eigenvalue weighted by atomic mass is 16.5. The van der Waals surface area contributed by atoms with Crippen molar-refractivity contribution in [1.82, 2.24) is 14.5 Å². The van der Waals surface area contributed by atoms with Crippen LogP contribution in [-0.2, 0) is 24.3 Å². The van der Waals surface area contributed by atoms with E-state index in [4.69, 9.17) is 15.2 Å². The number of methoxy groups -OCH3 is 2. The van der Waals surface area contributed by atoms with Crippen molar-refractivity contribution >= 4 is 11.8 Å². The highest BCUT2D eigenvalue weighted by Gasteiger charge is 2.25. The molecule has 0 fully saturated rings. The van der Waals surface area contributed by atoms with Crippen molar-refractivity contribution in [3.05, 3.63) is 41.5 Å². The number of ether oxygens (including phenoxy) is 2. The van der Waals surface area contributed by atoms with E-state index in [1.54, 1.807) is 41.9 Å². The number of carbonyl (C=O) groups is 2. The lowest BCUT2D eigenvalue weighted by molar-refractivity contribution is -0.132. The molecule has 2 N–H and O–H groups in total. The Morgan fingerprint density at radius 3 is 2.72 bits per heavy atom. The van der Waals surface area contributed by atoms with E-state index in [0.29, 0.717) is 42.7 Å². The monoisotopic (exact) mass is 344 g/mol. The Morgan fingerprint density at radius 2 is 2.04 bits per heavy atom. The molecule has 3 rings (SSSR count). The minimum Gasteiger partial charge on any atom is -0.497 e. The molecule has 0 saturated carbocycles. The molecular formula is C17H20N4O4. The molecule has 0 radical (unpaired) electrons. The van der Waals surface area contributed by atoms with E-state index in [1.165, 1.54) is 6.20 Å². The molecule has 8 nitrogen and oxygen atoms in total. The molecule has 132 valence electrons. The third kappa shape index (κ3) is 3.28. The lowest BCUT2D eigenvalue weighted by Gasteiger charge is -2.28. The summed E-state index contributed by atoms with van der Waals surface area (Å²) in [6, 6.07) is 5.37. The van der Waals surface area contributed by atoms with E-state index in [1.807, 2.05) is 0 Å². The normalized spacial score (nSPS) is 13.3. The summed E-state index contributed by atoms with van der Waals surface area (Å²) < 4.78 is 12.3. The summed E-state index contributed by atoms with van der Waals surface area (Å²) in [5.74, 6) is 1.42. The van der Waals surface area contributed by atoms with Crippen LogP contribution in [0.25, 0.3) is 0 Å². The van der Waals surface area contributed by atoms with Crippen molar-refractivity contribution in [2.45, 2.75) is 19.5 Å². The summed E-state index contributed by atoms with van der Waals surface area (Å²) in [5.41, 5.74) is 6.47. The number of nitrogens with zero attached hydrogens (tertiary/aromatic N) is 3. The van der Waals surface area contributed by atoms with Gasteiger partial charge >= 0.3 is 0 Å². The van der Waals surface area contributed by atoms with Crippen LogP contribution in [0.5, 0.6) is 11.5 Å². The molecule has 2 aromatic rings. The fourth-order valence-electron chi connectivity index (χ4n) is 2.96. The van der Waals surface area contributed by atoms with Crippen LogP contribution in [0.15, 0.2) is 24.4 Å². The van der Waals surface area contributed by atoms with Crippen molar-refractivity contribution in [1.29, 1.82) is 0 Å². The van der Waals surface area contributed by atoms with Crippen LogP contribution >= 0.6 is 0 Å². The van der Waals surface area contributed by atoms with E-state index in [2.05, 4.69) is 4.98 Å². The van der Waals surface area contributed by atoms with Gasteiger partial charge in [0.1, 0.15) is 23.0 Å². The van der Waals surface area contributed by atoms with Crippen LogP contribution in [-0.4, -0.2) is 47.0 Å². The van der Waals surface area contributed by atoms with Gasteiger partial charge in [-0.25, -0.2) is 4.98 Å². The molecule has 2 amide bonds. The summed E-state index contributed by atoms with van der Waals surface area (Å²) in [5, 5.41) is 0. The molecule has 1 aromatic heterocycles. The van der Waals surface area contributed by atoms with Gasteiger partial charge in [0.15, 0.2) is 0 Å². The molecule has 0 unspecified atom stereocenters. The molecule has 0 saturated heterocycles. The second kappa shape index (κ2) is 6.84. The van der Waals surface area contributed by atoms with Gasteiger partial charge in [-0.05, 0) is 18.2 Å². The zero-order valence-corrected chi connectivity index (χ0v) is 14.2. The van der Waals surface area contributed by atoms with E-state index < -0.39 is 5.91 Å². The molecule has 1 aliphatic heterocycles. The van der Waals surface area contributed by atoms with Crippen LogP contribution in [0, 0.1) is 0 Å². The number of rotatable bonds is 5. The first kappa shape index (κ1) is 16.8. The van der Waals surface area contributed by atoms with Crippen molar-refractivity contribution < 1.29 is 19.1 Å². The molecule has 1 aliphatic rings. The maximum Gasteiger partial charge on any atom is 0.266 e. The van der Waals surface area contributed by atoms with Gasteiger partial charge in [0.25, 0.3) is 5.91 Å². The van der Waals surface area contributed by atoms with Crippen molar-refractivity contribution in [3.8, 4) is 11.5 Å². The zero-order valence-electron chi connectivity index (χ0n) is 14.2. The van der Waals surface area contributed by atoms with Gasteiger partial charge in [0, 0.05) is 18.7 Å². The van der Waals surface area contributed by atoms with Gasteiger partial charge in [-0.1, -0.05) is 0 Å². The number of carbonyl (C=O) groups excluding carboxylic acids is 2. The molecule has 0 atom stereocenters. The molecular weight excluding hydrogens is 324 g/mol. The van der Waals surface area contributed by atoms with Crippen LogP contribution in [0.1, 0.15) is 21.9 Å². The maximum absolute atomic E-state index is 12.7. The van der Waals surface area contributed by atoms with Gasteiger partial charge in [-0.15, -0.1) is 0 Å². The predicted octanol–water partition coefficient (Wildman–Crippen LogP) is 0.584. The number of primary amides is 1. The van der Waals surface area contributed by atoms with E-state index >= 15 is 0 Å². The molecule has 0 aliphatic carbocycles. The largest absolute Gasteiger partial charge is 0.497 e. The van der Waals surface area contributed by atoms with Crippen molar-refractivity contribution in [2.75, 3.05) is 20.8 Å². The van der Waals surface area contributed by atoms with Crippen LogP contribution in [0.3, 0.4) is 0 Å². The number of amides is 2. The molecule has 25 heavy (non-hydrogen) atoms. The minimum atomic E-state index is -0.514. The Labute approximate surface area is 145 Å². The average Bonchev–Trinajstić information content (AvgIpc) is 3.05. The third-order valence-corrected chi connectivity index (χ3v) is 4.30. The average molecular weight is 344 g/mol. The Hall–Kier alpha value is -3.03. The van der Waals surface area contributed by atoms with Gasteiger partial charge in [0.2, 0.25) is 5.91 Å². The Kier molecular flexibility index (Phi) is 4.60. The van der Waals surface area contributed by atoms with Crippen molar-refractivity contribution in [3.63, 3.8) is 0 Å². The van der Waals surface area contributed by atoms with Crippen LogP contribution < -0.4 is 15.2 Å². The molecule has 0 bridgehead atoms. The van der Waals surface area contributed by atoms with E-state index in [-0.39, 0.29) is 12.3 Å².